The summed E-state index contributed by atoms with van der Waals surface area (Å²) >= 11 is 0. The molecular formula is C17H22N2O3. The normalized spacial score (nSPS) is 24.6. The zero-order chi connectivity index (χ0) is 16.0. The molecule has 1 aliphatic carbocycles. The van der Waals surface area contributed by atoms with Gasteiger partial charge in [-0.05, 0) is 44.2 Å². The Kier molecular flexibility index (Phi) is 3.48. The maximum atomic E-state index is 12.8. The smallest absolute Gasteiger partial charge is 0.325 e. The van der Waals surface area contributed by atoms with E-state index < -0.39 is 11.1 Å². The van der Waals surface area contributed by atoms with Crippen molar-refractivity contribution in [3.05, 3.63) is 35.4 Å². The largest absolute Gasteiger partial charge is 0.390 e. The Labute approximate surface area is 130 Å². The van der Waals surface area contributed by atoms with Crippen LogP contribution < -0.4 is 5.32 Å². The van der Waals surface area contributed by atoms with Crippen LogP contribution in [0.2, 0.25) is 0 Å². The Bertz CT molecular complexity index is 621. The minimum absolute atomic E-state index is 0.156. The van der Waals surface area contributed by atoms with E-state index in [0.29, 0.717) is 19.3 Å². The van der Waals surface area contributed by atoms with Crippen LogP contribution in [0.4, 0.5) is 4.79 Å². The van der Waals surface area contributed by atoms with Crippen LogP contribution in [0, 0.1) is 0 Å². The molecule has 1 aliphatic heterocycles. The van der Waals surface area contributed by atoms with Crippen molar-refractivity contribution < 1.29 is 14.7 Å². The van der Waals surface area contributed by atoms with E-state index in [1.165, 1.54) is 10.5 Å². The van der Waals surface area contributed by atoms with Crippen LogP contribution in [0.1, 0.15) is 37.8 Å². The molecule has 118 valence electrons. The monoisotopic (exact) mass is 302 g/mol. The molecule has 1 saturated heterocycles. The topological polar surface area (TPSA) is 69.6 Å². The zero-order valence-corrected chi connectivity index (χ0v) is 13.1. The van der Waals surface area contributed by atoms with Gasteiger partial charge in [-0.3, -0.25) is 9.69 Å². The molecule has 2 aliphatic rings. The Morgan fingerprint density at radius 1 is 1.27 bits per heavy atom. The van der Waals surface area contributed by atoms with Crippen LogP contribution in [0.15, 0.2) is 24.3 Å². The molecule has 1 aromatic carbocycles. The van der Waals surface area contributed by atoms with E-state index in [-0.39, 0.29) is 18.5 Å². The zero-order valence-electron chi connectivity index (χ0n) is 13.1. The predicted octanol–water partition coefficient (Wildman–Crippen LogP) is 1.63. The fraction of sp³-hybridized carbons (Fsp3) is 0.529. The first-order chi connectivity index (χ1) is 10.3. The van der Waals surface area contributed by atoms with Gasteiger partial charge in [0.15, 0.2) is 0 Å². The summed E-state index contributed by atoms with van der Waals surface area (Å²) in [6, 6.07) is 7.73. The van der Waals surface area contributed by atoms with E-state index in [1.807, 2.05) is 18.2 Å². The lowest BCUT2D eigenvalue weighted by Gasteiger charge is -2.32. The number of urea groups is 1. The van der Waals surface area contributed by atoms with Crippen molar-refractivity contribution in [2.24, 2.45) is 0 Å². The second kappa shape index (κ2) is 5.09. The number of hydrogen-bond acceptors (Lipinski definition) is 3. The van der Waals surface area contributed by atoms with E-state index in [1.54, 1.807) is 13.8 Å². The lowest BCUT2D eigenvalue weighted by molar-refractivity contribution is -0.132. The van der Waals surface area contributed by atoms with Gasteiger partial charge in [-0.1, -0.05) is 24.3 Å². The molecule has 2 N–H and O–H groups in total. The number of amides is 3. The summed E-state index contributed by atoms with van der Waals surface area (Å²) in [5.74, 6) is -0.156. The second-order valence-corrected chi connectivity index (χ2v) is 6.98. The second-order valence-electron chi connectivity index (χ2n) is 6.98. The van der Waals surface area contributed by atoms with E-state index in [9.17, 15) is 14.7 Å². The highest BCUT2D eigenvalue weighted by molar-refractivity contribution is 6.07. The molecule has 3 amide bonds. The third kappa shape index (κ3) is 2.61. The molecule has 22 heavy (non-hydrogen) atoms. The quantitative estimate of drug-likeness (QED) is 0.834. The Balaban J connectivity index is 1.80. The molecule has 1 spiro atoms. The van der Waals surface area contributed by atoms with Crippen LogP contribution in [0.25, 0.3) is 0 Å². The fourth-order valence-electron chi connectivity index (χ4n) is 3.29. The molecule has 1 atom stereocenters. The number of rotatable bonds is 3. The minimum atomic E-state index is -0.893. The number of nitrogens with zero attached hydrogens (tertiary/aromatic N) is 1. The molecule has 0 radical (unpaired) electrons. The standard InChI is InChI=1S/C17H22N2O3/c1-16(2,22)9-10-19-14(20)17(18-15(19)21)8-7-12-5-3-4-6-13(12)11-17/h3-6,22H,7-11H2,1-2H3,(H,18,21). The Morgan fingerprint density at radius 3 is 2.64 bits per heavy atom. The highest BCUT2D eigenvalue weighted by Gasteiger charge is 2.52. The lowest BCUT2D eigenvalue weighted by Crippen LogP contribution is -2.51. The summed E-state index contributed by atoms with van der Waals surface area (Å²) in [5.41, 5.74) is 0.692. The average molecular weight is 302 g/mol. The summed E-state index contributed by atoms with van der Waals surface area (Å²) in [6.07, 6.45) is 2.35. The lowest BCUT2D eigenvalue weighted by atomic mass is 9.78. The van der Waals surface area contributed by atoms with Crippen molar-refractivity contribution in [3.8, 4) is 0 Å². The van der Waals surface area contributed by atoms with Crippen molar-refractivity contribution in [1.29, 1.82) is 0 Å². The minimum Gasteiger partial charge on any atom is -0.390 e. The predicted molar refractivity (Wildman–Crippen MR) is 82.4 cm³/mol. The van der Waals surface area contributed by atoms with Crippen molar-refractivity contribution in [2.45, 2.75) is 50.7 Å². The molecule has 0 saturated carbocycles. The summed E-state index contributed by atoms with van der Waals surface area (Å²) in [4.78, 5) is 26.2. The molecule has 1 fully saturated rings. The molecule has 0 bridgehead atoms. The van der Waals surface area contributed by atoms with Crippen LogP contribution >= 0.6 is 0 Å². The third-order valence-corrected chi connectivity index (χ3v) is 4.62. The molecule has 1 aromatic rings. The number of nitrogens with one attached hydrogen (secondary N) is 1. The van der Waals surface area contributed by atoms with Crippen molar-refractivity contribution >= 4 is 11.9 Å². The SMILES string of the molecule is CC(C)(O)CCN1C(=O)NC2(CCc3ccccc3C2)C1=O. The van der Waals surface area contributed by atoms with E-state index >= 15 is 0 Å². The van der Waals surface area contributed by atoms with Crippen molar-refractivity contribution in [1.82, 2.24) is 10.2 Å². The van der Waals surface area contributed by atoms with Gasteiger partial charge in [0.25, 0.3) is 5.91 Å². The van der Waals surface area contributed by atoms with Crippen LogP contribution in [0.5, 0.6) is 0 Å². The van der Waals surface area contributed by atoms with Gasteiger partial charge in [-0.25, -0.2) is 4.79 Å². The maximum absolute atomic E-state index is 12.8. The number of imide groups is 1. The van der Waals surface area contributed by atoms with Crippen LogP contribution in [-0.4, -0.2) is 39.6 Å². The third-order valence-electron chi connectivity index (χ3n) is 4.62. The number of aryl methyl sites for hydroxylation is 1. The summed E-state index contributed by atoms with van der Waals surface area (Å²) in [6.45, 7) is 3.60. The number of fused-ring (bicyclic) bond motifs is 1. The highest BCUT2D eigenvalue weighted by atomic mass is 16.3. The Hall–Kier alpha value is -1.88. The van der Waals surface area contributed by atoms with Gasteiger partial charge in [-0.15, -0.1) is 0 Å². The fourth-order valence-corrected chi connectivity index (χ4v) is 3.29. The van der Waals surface area contributed by atoms with Gasteiger partial charge >= 0.3 is 6.03 Å². The number of hydrogen-bond donors (Lipinski definition) is 2. The highest BCUT2D eigenvalue weighted by Crippen LogP contribution is 2.33. The molecule has 5 heteroatoms. The number of aliphatic hydroxyl groups is 1. The summed E-state index contributed by atoms with van der Waals surface area (Å²) in [7, 11) is 0. The van der Waals surface area contributed by atoms with Gasteiger partial charge in [0.1, 0.15) is 5.54 Å². The van der Waals surface area contributed by atoms with E-state index in [0.717, 1.165) is 12.0 Å². The van der Waals surface area contributed by atoms with Gasteiger partial charge in [0.05, 0.1) is 5.60 Å². The van der Waals surface area contributed by atoms with Gasteiger partial charge in [-0.2, -0.15) is 0 Å². The van der Waals surface area contributed by atoms with Crippen LogP contribution in [0.3, 0.4) is 0 Å². The number of carbonyl (C=O) groups is 2. The van der Waals surface area contributed by atoms with E-state index in [4.69, 9.17) is 0 Å². The molecule has 1 unspecified atom stereocenters. The van der Waals surface area contributed by atoms with E-state index in [2.05, 4.69) is 11.4 Å². The molecular weight excluding hydrogens is 280 g/mol. The van der Waals surface area contributed by atoms with Gasteiger partial charge < -0.3 is 10.4 Å². The summed E-state index contributed by atoms with van der Waals surface area (Å²) < 4.78 is 0. The van der Waals surface area contributed by atoms with Gasteiger partial charge in [0, 0.05) is 13.0 Å². The molecule has 1 heterocycles. The first kappa shape index (κ1) is 15.0. The Morgan fingerprint density at radius 2 is 1.95 bits per heavy atom. The molecule has 3 rings (SSSR count). The number of benzene rings is 1. The van der Waals surface area contributed by atoms with Crippen LogP contribution in [-0.2, 0) is 17.6 Å². The van der Waals surface area contributed by atoms with Gasteiger partial charge in [0.2, 0.25) is 0 Å². The maximum Gasteiger partial charge on any atom is 0.325 e. The number of carbonyl (C=O) groups excluding carboxylic acids is 2. The first-order valence-electron chi connectivity index (χ1n) is 7.74. The van der Waals surface area contributed by atoms with Crippen molar-refractivity contribution in [2.75, 3.05) is 6.54 Å². The molecule has 5 nitrogen and oxygen atoms in total. The average Bonchev–Trinajstić information content (AvgIpc) is 2.67. The van der Waals surface area contributed by atoms with Crippen molar-refractivity contribution in [3.63, 3.8) is 0 Å². The first-order valence-corrected chi connectivity index (χ1v) is 7.74. The molecule has 0 aromatic heterocycles. The summed E-state index contributed by atoms with van der Waals surface area (Å²) in [5, 5.41) is 12.7.